The Kier molecular flexibility index (Phi) is 3.59. The van der Waals surface area contributed by atoms with E-state index >= 15 is 0 Å². The third-order valence-corrected chi connectivity index (χ3v) is 3.90. The number of hydrogen-bond donors (Lipinski definition) is 1. The van der Waals surface area contributed by atoms with E-state index in [4.69, 9.17) is 0 Å². The zero-order chi connectivity index (χ0) is 12.4. The summed E-state index contributed by atoms with van der Waals surface area (Å²) < 4.78 is 0. The van der Waals surface area contributed by atoms with Crippen molar-refractivity contribution >= 4 is 23.0 Å². The maximum atomic E-state index is 12.2. The van der Waals surface area contributed by atoms with E-state index in [9.17, 15) is 9.59 Å². The quantitative estimate of drug-likeness (QED) is 0.809. The Bertz CT molecular complexity index is 441. The predicted octanol–water partition coefficient (Wildman–Crippen LogP) is 1.38. The molecule has 2 rings (SSSR count). The van der Waals surface area contributed by atoms with E-state index in [1.165, 1.54) is 18.3 Å². The van der Waals surface area contributed by atoms with E-state index in [0.29, 0.717) is 10.4 Å². The van der Waals surface area contributed by atoms with Crippen molar-refractivity contribution < 1.29 is 9.59 Å². The number of nitrogens with one attached hydrogen (secondary N) is 1. The summed E-state index contributed by atoms with van der Waals surface area (Å²) in [5, 5.41) is 5.00. The zero-order valence-corrected chi connectivity index (χ0v) is 10.8. The molecule has 17 heavy (non-hydrogen) atoms. The number of carbonyl (C=O) groups is 2. The summed E-state index contributed by atoms with van der Waals surface area (Å²) in [6, 6.07) is 1.91. The lowest BCUT2D eigenvalue weighted by Gasteiger charge is -2.33. The molecule has 1 N–H and O–H groups in total. The first-order valence-corrected chi connectivity index (χ1v) is 6.58. The first kappa shape index (κ1) is 12.3. The highest BCUT2D eigenvalue weighted by atomic mass is 32.1. The molecule has 0 aliphatic carbocycles. The van der Waals surface area contributed by atoms with Crippen LogP contribution in [0.1, 0.15) is 33.9 Å². The molecular formula is C12H16N2O2S. The topological polar surface area (TPSA) is 49.4 Å². The van der Waals surface area contributed by atoms with Gasteiger partial charge in [0.25, 0.3) is 5.91 Å². The van der Waals surface area contributed by atoms with Crippen LogP contribution in [0.25, 0.3) is 0 Å². The summed E-state index contributed by atoms with van der Waals surface area (Å²) in [7, 11) is 0. The van der Waals surface area contributed by atoms with Crippen LogP contribution in [0.3, 0.4) is 0 Å². The van der Waals surface area contributed by atoms with Crippen molar-refractivity contribution in [1.29, 1.82) is 0 Å². The van der Waals surface area contributed by atoms with Crippen molar-refractivity contribution in [3.05, 3.63) is 21.9 Å². The van der Waals surface area contributed by atoms with E-state index in [1.54, 1.807) is 11.4 Å². The summed E-state index contributed by atoms with van der Waals surface area (Å²) in [6.45, 7) is 5.94. The minimum atomic E-state index is 0.00802. The Balaban J connectivity index is 2.15. The second-order valence-electron chi connectivity index (χ2n) is 4.31. The molecule has 1 atom stereocenters. The van der Waals surface area contributed by atoms with Gasteiger partial charge in [-0.15, -0.1) is 11.3 Å². The van der Waals surface area contributed by atoms with Crippen molar-refractivity contribution in [3.8, 4) is 0 Å². The summed E-state index contributed by atoms with van der Waals surface area (Å²) >= 11 is 1.35. The molecule has 1 saturated heterocycles. The Hall–Kier alpha value is -1.20. The number of amides is 1. The van der Waals surface area contributed by atoms with Crippen LogP contribution in [0.5, 0.6) is 0 Å². The molecule has 0 bridgehead atoms. The average molecular weight is 252 g/mol. The Morgan fingerprint density at radius 2 is 2.29 bits per heavy atom. The van der Waals surface area contributed by atoms with Gasteiger partial charge >= 0.3 is 0 Å². The van der Waals surface area contributed by atoms with Gasteiger partial charge in [0.15, 0.2) is 5.78 Å². The van der Waals surface area contributed by atoms with Gasteiger partial charge < -0.3 is 10.2 Å². The van der Waals surface area contributed by atoms with Gasteiger partial charge in [-0.05, 0) is 19.9 Å². The molecule has 1 amide bonds. The molecule has 1 aliphatic rings. The molecule has 92 valence electrons. The number of rotatable bonds is 2. The first-order valence-electron chi connectivity index (χ1n) is 5.70. The zero-order valence-electron chi connectivity index (χ0n) is 10.0. The molecule has 2 heterocycles. The molecule has 0 unspecified atom stereocenters. The number of Topliss-reactive ketones (excluding diaryl/α,β-unsaturated/α-hetero) is 1. The summed E-state index contributed by atoms with van der Waals surface area (Å²) in [6.07, 6.45) is 0. The maximum absolute atomic E-state index is 12.2. The lowest BCUT2D eigenvalue weighted by atomic mass is 10.2. The molecule has 0 aromatic carbocycles. The van der Waals surface area contributed by atoms with Gasteiger partial charge in [-0.3, -0.25) is 9.59 Å². The molecule has 5 heteroatoms. The Labute approximate surface area is 105 Å². The SMILES string of the molecule is CC(=O)c1csc(C(=O)N2CCNC[C@@H]2C)c1. The predicted molar refractivity (Wildman–Crippen MR) is 67.7 cm³/mol. The number of ketones is 1. The van der Waals surface area contributed by atoms with Crippen LogP contribution in [-0.4, -0.2) is 42.3 Å². The van der Waals surface area contributed by atoms with E-state index < -0.39 is 0 Å². The lowest BCUT2D eigenvalue weighted by molar-refractivity contribution is 0.0661. The average Bonchev–Trinajstić information content (AvgIpc) is 2.78. The minimum Gasteiger partial charge on any atom is -0.333 e. The largest absolute Gasteiger partial charge is 0.333 e. The van der Waals surface area contributed by atoms with Crippen LogP contribution < -0.4 is 5.32 Å². The second-order valence-corrected chi connectivity index (χ2v) is 5.22. The number of piperazine rings is 1. The standard InChI is InChI=1S/C12H16N2O2S/c1-8-6-13-3-4-14(8)12(16)11-5-10(7-17-11)9(2)15/h5,7-8,13H,3-4,6H2,1-2H3/t8-/m0/s1. The van der Waals surface area contributed by atoms with Crippen molar-refractivity contribution in [2.75, 3.05) is 19.6 Å². The molecule has 0 radical (unpaired) electrons. The van der Waals surface area contributed by atoms with E-state index in [1.807, 2.05) is 11.8 Å². The highest BCUT2D eigenvalue weighted by Gasteiger charge is 2.25. The third-order valence-electron chi connectivity index (χ3n) is 2.98. The van der Waals surface area contributed by atoms with Gasteiger partial charge in [0.05, 0.1) is 4.88 Å². The molecule has 0 spiro atoms. The Morgan fingerprint density at radius 3 is 2.88 bits per heavy atom. The molecular weight excluding hydrogens is 236 g/mol. The smallest absolute Gasteiger partial charge is 0.264 e. The monoisotopic (exact) mass is 252 g/mol. The van der Waals surface area contributed by atoms with Crippen molar-refractivity contribution in [2.24, 2.45) is 0 Å². The van der Waals surface area contributed by atoms with Crippen LogP contribution in [0.15, 0.2) is 11.4 Å². The van der Waals surface area contributed by atoms with Crippen molar-refractivity contribution in [3.63, 3.8) is 0 Å². The van der Waals surface area contributed by atoms with Gasteiger partial charge in [0, 0.05) is 36.6 Å². The van der Waals surface area contributed by atoms with E-state index in [0.717, 1.165) is 19.6 Å². The van der Waals surface area contributed by atoms with E-state index in [2.05, 4.69) is 5.32 Å². The van der Waals surface area contributed by atoms with E-state index in [-0.39, 0.29) is 17.7 Å². The van der Waals surface area contributed by atoms with Crippen molar-refractivity contribution in [2.45, 2.75) is 19.9 Å². The second kappa shape index (κ2) is 4.98. The van der Waals surface area contributed by atoms with Gasteiger partial charge in [-0.1, -0.05) is 0 Å². The minimum absolute atomic E-state index is 0.00802. The fourth-order valence-corrected chi connectivity index (χ4v) is 2.82. The molecule has 1 aromatic rings. The lowest BCUT2D eigenvalue weighted by Crippen LogP contribution is -2.52. The number of hydrogen-bond acceptors (Lipinski definition) is 4. The molecule has 1 aliphatic heterocycles. The van der Waals surface area contributed by atoms with Crippen LogP contribution in [0.2, 0.25) is 0 Å². The summed E-state index contributed by atoms with van der Waals surface area (Å²) in [4.78, 5) is 26.0. The molecule has 4 nitrogen and oxygen atoms in total. The summed E-state index contributed by atoms with van der Waals surface area (Å²) in [5.41, 5.74) is 0.626. The number of nitrogens with zero attached hydrogens (tertiary/aromatic N) is 1. The van der Waals surface area contributed by atoms with Crippen molar-refractivity contribution in [1.82, 2.24) is 10.2 Å². The number of carbonyl (C=O) groups excluding carboxylic acids is 2. The van der Waals surface area contributed by atoms with Gasteiger partial charge in [0.1, 0.15) is 0 Å². The molecule has 1 fully saturated rings. The van der Waals surface area contributed by atoms with Gasteiger partial charge in [0.2, 0.25) is 0 Å². The highest BCUT2D eigenvalue weighted by Crippen LogP contribution is 2.19. The number of thiophene rings is 1. The van der Waals surface area contributed by atoms with Gasteiger partial charge in [-0.2, -0.15) is 0 Å². The van der Waals surface area contributed by atoms with Gasteiger partial charge in [-0.25, -0.2) is 0 Å². The highest BCUT2D eigenvalue weighted by molar-refractivity contribution is 7.12. The molecule has 1 aromatic heterocycles. The van der Waals surface area contributed by atoms with Crippen LogP contribution in [0.4, 0.5) is 0 Å². The maximum Gasteiger partial charge on any atom is 0.264 e. The third kappa shape index (κ3) is 2.56. The van der Waals surface area contributed by atoms with Crippen LogP contribution in [0, 0.1) is 0 Å². The van der Waals surface area contributed by atoms with Crippen LogP contribution >= 0.6 is 11.3 Å². The normalized spacial score (nSPS) is 20.4. The summed E-state index contributed by atoms with van der Waals surface area (Å²) in [5.74, 6) is 0.0464. The molecule has 0 saturated carbocycles. The van der Waals surface area contributed by atoms with Crippen LogP contribution in [-0.2, 0) is 0 Å². The Morgan fingerprint density at radius 1 is 1.53 bits per heavy atom. The first-order chi connectivity index (χ1) is 8.09. The fourth-order valence-electron chi connectivity index (χ4n) is 1.92. The fraction of sp³-hybridized carbons (Fsp3) is 0.500.